The van der Waals surface area contributed by atoms with E-state index in [0.717, 1.165) is 6.42 Å². The van der Waals surface area contributed by atoms with Gasteiger partial charge in [-0.1, -0.05) is 6.92 Å². The first-order valence-corrected chi connectivity index (χ1v) is 3.15. The Bertz CT molecular complexity index is 124. The summed E-state index contributed by atoms with van der Waals surface area (Å²) >= 11 is 0. The number of carbonyl (C=O) groups is 1. The molecule has 0 aromatic heterocycles. The van der Waals surface area contributed by atoms with Gasteiger partial charge in [-0.2, -0.15) is 5.48 Å². The molecule has 0 aromatic rings. The summed E-state index contributed by atoms with van der Waals surface area (Å²) < 4.78 is 0. The monoisotopic (exact) mass is 129 g/mol. The van der Waals surface area contributed by atoms with E-state index in [9.17, 15) is 4.79 Å². The van der Waals surface area contributed by atoms with Crippen LogP contribution in [0.3, 0.4) is 0 Å². The number of Topliss-reactive ketones (excluding diaryl/α,β-unsaturated/α-hetero) is 1. The van der Waals surface area contributed by atoms with Gasteiger partial charge in [0.25, 0.3) is 0 Å². The molecule has 1 saturated carbocycles. The van der Waals surface area contributed by atoms with Crippen LogP contribution in [-0.2, 0) is 4.79 Å². The van der Waals surface area contributed by atoms with E-state index in [4.69, 9.17) is 5.21 Å². The van der Waals surface area contributed by atoms with Gasteiger partial charge in [-0.15, -0.1) is 0 Å². The van der Waals surface area contributed by atoms with Crippen molar-refractivity contribution in [3.05, 3.63) is 0 Å². The molecule has 0 amide bonds. The van der Waals surface area contributed by atoms with Gasteiger partial charge >= 0.3 is 0 Å². The van der Waals surface area contributed by atoms with Gasteiger partial charge in [0.1, 0.15) is 0 Å². The van der Waals surface area contributed by atoms with Crippen molar-refractivity contribution in [1.29, 1.82) is 0 Å². The molecule has 9 heavy (non-hydrogen) atoms. The van der Waals surface area contributed by atoms with Gasteiger partial charge in [-0.05, 0) is 12.3 Å². The van der Waals surface area contributed by atoms with Crippen LogP contribution in [0.15, 0.2) is 0 Å². The van der Waals surface area contributed by atoms with Crippen molar-refractivity contribution in [3.63, 3.8) is 0 Å². The Morgan fingerprint density at radius 1 is 1.89 bits per heavy atom. The zero-order chi connectivity index (χ0) is 6.85. The molecule has 2 N–H and O–H groups in total. The van der Waals surface area contributed by atoms with Gasteiger partial charge in [-0.3, -0.25) is 4.79 Å². The molecular weight excluding hydrogens is 118 g/mol. The molecule has 0 spiro atoms. The minimum absolute atomic E-state index is 0.106. The van der Waals surface area contributed by atoms with Crippen molar-refractivity contribution < 1.29 is 10.0 Å². The fourth-order valence-corrected chi connectivity index (χ4v) is 0.980. The number of carbonyl (C=O) groups excluding carboxylic acids is 1. The largest absolute Gasteiger partial charge is 0.316 e. The molecule has 1 rings (SSSR count). The normalized spacial score (nSPS) is 32.2. The van der Waals surface area contributed by atoms with Crippen LogP contribution in [-0.4, -0.2) is 17.5 Å². The third-order valence-corrected chi connectivity index (χ3v) is 1.78. The highest BCUT2D eigenvalue weighted by atomic mass is 16.5. The second-order valence-electron chi connectivity index (χ2n) is 2.62. The van der Waals surface area contributed by atoms with Crippen molar-refractivity contribution in [1.82, 2.24) is 5.48 Å². The number of nitrogens with one attached hydrogen (secondary N) is 1. The Balaban J connectivity index is 2.20. The Hall–Kier alpha value is -0.410. The molecule has 0 aromatic carbocycles. The van der Waals surface area contributed by atoms with Crippen LogP contribution < -0.4 is 5.48 Å². The van der Waals surface area contributed by atoms with Crippen molar-refractivity contribution in [2.45, 2.75) is 13.3 Å². The third-order valence-electron chi connectivity index (χ3n) is 1.78. The Morgan fingerprint density at radius 2 is 2.44 bits per heavy atom. The van der Waals surface area contributed by atoms with Gasteiger partial charge in [0.05, 0.1) is 6.54 Å². The summed E-state index contributed by atoms with van der Waals surface area (Å²) in [6.45, 7) is 2.15. The molecule has 1 aliphatic rings. The van der Waals surface area contributed by atoms with Crippen LogP contribution >= 0.6 is 0 Å². The molecule has 3 heteroatoms. The molecule has 0 radical (unpaired) electrons. The quantitative estimate of drug-likeness (QED) is 0.535. The number of hydrogen-bond acceptors (Lipinski definition) is 3. The van der Waals surface area contributed by atoms with Gasteiger partial charge in [-0.25, -0.2) is 0 Å². The van der Waals surface area contributed by atoms with E-state index >= 15 is 0 Å². The molecule has 0 saturated heterocycles. The van der Waals surface area contributed by atoms with E-state index in [2.05, 4.69) is 0 Å². The van der Waals surface area contributed by atoms with Gasteiger partial charge in [0, 0.05) is 5.92 Å². The van der Waals surface area contributed by atoms with Crippen LogP contribution in [0.5, 0.6) is 0 Å². The molecule has 0 aliphatic heterocycles. The fraction of sp³-hybridized carbons (Fsp3) is 0.833. The number of hydroxylamine groups is 1. The Morgan fingerprint density at radius 3 is 2.78 bits per heavy atom. The van der Waals surface area contributed by atoms with E-state index in [0.29, 0.717) is 5.92 Å². The van der Waals surface area contributed by atoms with E-state index in [1.807, 2.05) is 12.4 Å². The topological polar surface area (TPSA) is 49.3 Å². The van der Waals surface area contributed by atoms with E-state index in [1.54, 1.807) is 0 Å². The zero-order valence-corrected chi connectivity index (χ0v) is 5.42. The Kier molecular flexibility index (Phi) is 1.83. The molecule has 2 atom stereocenters. The third kappa shape index (κ3) is 1.50. The van der Waals surface area contributed by atoms with E-state index < -0.39 is 0 Å². The van der Waals surface area contributed by atoms with Gasteiger partial charge < -0.3 is 5.21 Å². The zero-order valence-electron chi connectivity index (χ0n) is 5.42. The lowest BCUT2D eigenvalue weighted by molar-refractivity contribution is -0.121. The molecule has 0 unspecified atom stereocenters. The van der Waals surface area contributed by atoms with Crippen molar-refractivity contribution in [2.24, 2.45) is 11.8 Å². The van der Waals surface area contributed by atoms with Crippen molar-refractivity contribution in [2.75, 3.05) is 6.54 Å². The maximum atomic E-state index is 10.8. The van der Waals surface area contributed by atoms with Crippen LogP contribution in [0.2, 0.25) is 0 Å². The summed E-state index contributed by atoms with van der Waals surface area (Å²) in [5, 5.41) is 8.13. The summed E-state index contributed by atoms with van der Waals surface area (Å²) in [4.78, 5) is 10.8. The molecule has 3 nitrogen and oxygen atoms in total. The highest BCUT2D eigenvalue weighted by Crippen LogP contribution is 2.37. The first-order chi connectivity index (χ1) is 4.25. The second-order valence-corrected chi connectivity index (χ2v) is 2.62. The number of rotatable bonds is 3. The minimum atomic E-state index is 0.106. The van der Waals surface area contributed by atoms with Crippen molar-refractivity contribution in [3.8, 4) is 0 Å². The summed E-state index contributed by atoms with van der Waals surface area (Å²) in [6, 6.07) is 0. The summed E-state index contributed by atoms with van der Waals surface area (Å²) in [5.74, 6) is 0.903. The fourth-order valence-electron chi connectivity index (χ4n) is 0.980. The van der Waals surface area contributed by atoms with Gasteiger partial charge in [0.15, 0.2) is 5.78 Å². The lowest BCUT2D eigenvalue weighted by Gasteiger charge is -1.93. The first kappa shape index (κ1) is 6.71. The predicted octanol–water partition coefficient (Wildman–Crippen LogP) is 0.190. The van der Waals surface area contributed by atoms with Crippen molar-refractivity contribution >= 4 is 5.78 Å². The molecule has 52 valence electrons. The molecular formula is C6H11NO2. The second kappa shape index (κ2) is 2.45. The van der Waals surface area contributed by atoms with E-state index in [1.165, 1.54) is 0 Å². The number of hydrogen-bond donors (Lipinski definition) is 2. The van der Waals surface area contributed by atoms with Crippen LogP contribution in [0.25, 0.3) is 0 Å². The van der Waals surface area contributed by atoms with Crippen LogP contribution in [0.4, 0.5) is 0 Å². The highest BCUT2D eigenvalue weighted by Gasteiger charge is 2.38. The first-order valence-electron chi connectivity index (χ1n) is 3.15. The standard InChI is InChI=1S/C6H11NO2/c1-4-2-5(4)6(8)3-7-9/h4-5,7,9H,2-3H2,1H3/t4-,5-/m1/s1. The summed E-state index contributed by atoms with van der Waals surface area (Å²) in [6.07, 6.45) is 1.00. The predicted molar refractivity (Wildman–Crippen MR) is 32.1 cm³/mol. The maximum Gasteiger partial charge on any atom is 0.152 e. The maximum absolute atomic E-state index is 10.8. The SMILES string of the molecule is C[C@@H]1C[C@H]1C(=O)CNO. The lowest BCUT2D eigenvalue weighted by atomic mass is 10.2. The molecule has 0 heterocycles. The highest BCUT2D eigenvalue weighted by molar-refractivity contribution is 5.85. The lowest BCUT2D eigenvalue weighted by Crippen LogP contribution is -2.20. The number of ketones is 1. The average molecular weight is 129 g/mol. The van der Waals surface area contributed by atoms with Crippen LogP contribution in [0.1, 0.15) is 13.3 Å². The molecule has 0 bridgehead atoms. The molecule has 1 aliphatic carbocycles. The van der Waals surface area contributed by atoms with Crippen LogP contribution in [0, 0.1) is 11.8 Å². The summed E-state index contributed by atoms with van der Waals surface area (Å²) in [5.41, 5.74) is 1.86. The minimum Gasteiger partial charge on any atom is -0.316 e. The smallest absolute Gasteiger partial charge is 0.152 e. The van der Waals surface area contributed by atoms with E-state index in [-0.39, 0.29) is 18.2 Å². The average Bonchev–Trinajstić information content (AvgIpc) is 2.47. The molecule has 1 fully saturated rings. The van der Waals surface area contributed by atoms with Gasteiger partial charge in [0.2, 0.25) is 0 Å². The summed E-state index contributed by atoms with van der Waals surface area (Å²) in [7, 11) is 0. The Labute approximate surface area is 54.0 Å².